The van der Waals surface area contributed by atoms with Crippen LogP contribution in [0.3, 0.4) is 0 Å². The van der Waals surface area contributed by atoms with E-state index in [1.54, 1.807) is 18.2 Å². The molecule has 8 heteroatoms. The third-order valence-electron chi connectivity index (χ3n) is 5.50. The fourth-order valence-electron chi connectivity index (χ4n) is 3.96. The van der Waals surface area contributed by atoms with Gasteiger partial charge in [0.05, 0.1) is 5.92 Å². The molecule has 4 rings (SSSR count). The molecule has 0 unspecified atom stereocenters. The van der Waals surface area contributed by atoms with Crippen molar-refractivity contribution in [3.8, 4) is 0 Å². The Kier molecular flexibility index (Phi) is 5.62. The number of amides is 1. The molecule has 1 amide bonds. The van der Waals surface area contributed by atoms with Crippen LogP contribution in [-0.2, 0) is 4.79 Å². The molecule has 28 heavy (non-hydrogen) atoms. The van der Waals surface area contributed by atoms with Gasteiger partial charge in [-0.2, -0.15) is 0 Å². The van der Waals surface area contributed by atoms with Crippen LogP contribution in [0.2, 0.25) is 5.15 Å². The first-order valence-corrected chi connectivity index (χ1v) is 10.0. The van der Waals surface area contributed by atoms with Gasteiger partial charge in [-0.05, 0) is 49.2 Å². The standard InChI is InChI=1S/C20H23ClFN5O/c21-18-7-8-19(24-23-18)27-9-1-2-15(14-27)20(28)26-12-10-25(11-13-26)17-5-3-16(22)4-6-17/h3-8,15H,1-2,9-14H2/t15-/m0/s1. The fourth-order valence-corrected chi connectivity index (χ4v) is 4.06. The number of benzene rings is 1. The molecule has 0 bridgehead atoms. The van der Waals surface area contributed by atoms with Gasteiger partial charge in [-0.25, -0.2) is 4.39 Å². The van der Waals surface area contributed by atoms with Crippen molar-refractivity contribution in [2.75, 3.05) is 49.1 Å². The molecule has 2 aliphatic rings. The van der Waals surface area contributed by atoms with Crippen LogP contribution in [0.25, 0.3) is 0 Å². The molecule has 148 valence electrons. The number of nitrogens with zero attached hydrogens (tertiary/aromatic N) is 5. The quantitative estimate of drug-likeness (QED) is 0.788. The lowest BCUT2D eigenvalue weighted by molar-refractivity contribution is -0.136. The summed E-state index contributed by atoms with van der Waals surface area (Å²) >= 11 is 5.82. The number of carbonyl (C=O) groups excluding carboxylic acids is 1. The Bertz CT molecular complexity index is 808. The number of piperidine rings is 1. The van der Waals surface area contributed by atoms with Crippen molar-refractivity contribution < 1.29 is 9.18 Å². The fraction of sp³-hybridized carbons (Fsp3) is 0.450. The van der Waals surface area contributed by atoms with Crippen molar-refractivity contribution in [3.05, 3.63) is 47.4 Å². The molecule has 0 radical (unpaired) electrons. The number of piperazine rings is 1. The molecule has 3 heterocycles. The average molecular weight is 404 g/mol. The van der Waals surface area contributed by atoms with E-state index in [1.807, 2.05) is 11.0 Å². The zero-order valence-electron chi connectivity index (χ0n) is 15.6. The largest absolute Gasteiger partial charge is 0.368 e. The molecule has 2 fully saturated rings. The molecule has 0 spiro atoms. The van der Waals surface area contributed by atoms with Crippen molar-refractivity contribution in [1.29, 1.82) is 0 Å². The number of hydrogen-bond donors (Lipinski definition) is 0. The van der Waals surface area contributed by atoms with Gasteiger partial charge in [-0.15, -0.1) is 10.2 Å². The van der Waals surface area contributed by atoms with E-state index in [1.165, 1.54) is 12.1 Å². The van der Waals surface area contributed by atoms with E-state index in [-0.39, 0.29) is 17.6 Å². The third kappa shape index (κ3) is 4.19. The summed E-state index contributed by atoms with van der Waals surface area (Å²) in [7, 11) is 0. The first-order chi connectivity index (χ1) is 13.6. The van der Waals surface area contributed by atoms with Gasteiger partial charge in [0.2, 0.25) is 5.91 Å². The summed E-state index contributed by atoms with van der Waals surface area (Å²) in [5.74, 6) is 0.724. The number of hydrogen-bond acceptors (Lipinski definition) is 5. The Balaban J connectivity index is 1.34. The monoisotopic (exact) mass is 403 g/mol. The molecule has 0 N–H and O–H groups in total. The predicted molar refractivity (Wildman–Crippen MR) is 107 cm³/mol. The summed E-state index contributed by atoms with van der Waals surface area (Å²) < 4.78 is 13.1. The maximum atomic E-state index is 13.1. The molecule has 6 nitrogen and oxygen atoms in total. The molecular weight excluding hydrogens is 381 g/mol. The minimum atomic E-state index is -0.232. The van der Waals surface area contributed by atoms with Gasteiger partial charge in [0.25, 0.3) is 0 Å². The zero-order chi connectivity index (χ0) is 19.5. The number of halogens is 2. The van der Waals surface area contributed by atoms with Crippen molar-refractivity contribution in [3.63, 3.8) is 0 Å². The third-order valence-corrected chi connectivity index (χ3v) is 5.70. The minimum absolute atomic E-state index is 0.0244. The van der Waals surface area contributed by atoms with E-state index in [0.29, 0.717) is 24.8 Å². The SMILES string of the molecule is O=C([C@H]1CCCN(c2ccc(Cl)nn2)C1)N1CCN(c2ccc(F)cc2)CC1. The second kappa shape index (κ2) is 8.31. The van der Waals surface area contributed by atoms with Crippen molar-refractivity contribution >= 4 is 29.0 Å². The van der Waals surface area contributed by atoms with Crippen molar-refractivity contribution in [1.82, 2.24) is 15.1 Å². The van der Waals surface area contributed by atoms with Crippen LogP contribution in [0, 0.1) is 11.7 Å². The van der Waals surface area contributed by atoms with Crippen molar-refractivity contribution in [2.24, 2.45) is 5.92 Å². The van der Waals surface area contributed by atoms with Crippen LogP contribution in [0.5, 0.6) is 0 Å². The number of anilines is 2. The molecule has 0 saturated carbocycles. The molecule has 1 atom stereocenters. The predicted octanol–water partition coefficient (Wildman–Crippen LogP) is 2.83. The lowest BCUT2D eigenvalue weighted by Crippen LogP contribution is -2.52. The Hall–Kier alpha value is -2.41. The summed E-state index contributed by atoms with van der Waals surface area (Å²) in [4.78, 5) is 19.3. The second-order valence-corrected chi connectivity index (χ2v) is 7.68. The maximum absolute atomic E-state index is 13.1. The van der Waals surface area contributed by atoms with Gasteiger partial charge >= 0.3 is 0 Å². The highest BCUT2D eigenvalue weighted by molar-refractivity contribution is 6.29. The molecule has 2 aliphatic heterocycles. The highest BCUT2D eigenvalue weighted by atomic mass is 35.5. The summed E-state index contributed by atoms with van der Waals surface area (Å²) in [5, 5.41) is 8.42. The maximum Gasteiger partial charge on any atom is 0.227 e. The Morgan fingerprint density at radius 2 is 1.71 bits per heavy atom. The van der Waals surface area contributed by atoms with E-state index in [0.717, 1.165) is 44.0 Å². The Labute approximate surface area is 168 Å². The number of aromatic nitrogens is 2. The first-order valence-electron chi connectivity index (χ1n) is 9.63. The van der Waals surface area contributed by atoms with Crippen LogP contribution in [-0.4, -0.2) is 60.3 Å². The first kappa shape index (κ1) is 18.9. The Morgan fingerprint density at radius 3 is 2.39 bits per heavy atom. The Morgan fingerprint density at radius 1 is 0.964 bits per heavy atom. The molecular formula is C20H23ClFN5O. The van der Waals surface area contributed by atoms with E-state index in [4.69, 9.17) is 11.6 Å². The van der Waals surface area contributed by atoms with E-state index in [2.05, 4.69) is 20.0 Å². The lowest BCUT2D eigenvalue weighted by Gasteiger charge is -2.40. The van der Waals surface area contributed by atoms with Gasteiger partial charge in [0, 0.05) is 45.0 Å². The average Bonchev–Trinajstić information content (AvgIpc) is 2.74. The topological polar surface area (TPSA) is 52.6 Å². The molecule has 2 aromatic rings. The van der Waals surface area contributed by atoms with E-state index in [9.17, 15) is 9.18 Å². The lowest BCUT2D eigenvalue weighted by atomic mass is 9.96. The van der Waals surface area contributed by atoms with Gasteiger partial charge in [-0.1, -0.05) is 11.6 Å². The summed E-state index contributed by atoms with van der Waals surface area (Å²) in [5.41, 5.74) is 0.999. The molecule has 0 aliphatic carbocycles. The molecule has 1 aromatic heterocycles. The van der Waals surface area contributed by atoms with Gasteiger partial charge < -0.3 is 14.7 Å². The normalized spacial score (nSPS) is 20.4. The van der Waals surface area contributed by atoms with Crippen LogP contribution in [0.15, 0.2) is 36.4 Å². The minimum Gasteiger partial charge on any atom is -0.368 e. The van der Waals surface area contributed by atoms with Gasteiger partial charge in [0.15, 0.2) is 11.0 Å². The van der Waals surface area contributed by atoms with Crippen LogP contribution >= 0.6 is 11.6 Å². The number of carbonyl (C=O) groups is 1. The summed E-state index contributed by atoms with van der Waals surface area (Å²) in [6, 6.07) is 10.1. The van der Waals surface area contributed by atoms with Crippen LogP contribution in [0.1, 0.15) is 12.8 Å². The molecule has 1 aromatic carbocycles. The zero-order valence-corrected chi connectivity index (χ0v) is 16.4. The van der Waals surface area contributed by atoms with Crippen molar-refractivity contribution in [2.45, 2.75) is 12.8 Å². The van der Waals surface area contributed by atoms with Crippen LogP contribution < -0.4 is 9.80 Å². The summed E-state index contributed by atoms with van der Waals surface area (Å²) in [6.07, 6.45) is 1.85. The second-order valence-electron chi connectivity index (χ2n) is 7.29. The van der Waals surface area contributed by atoms with Crippen LogP contribution in [0.4, 0.5) is 15.9 Å². The smallest absolute Gasteiger partial charge is 0.227 e. The van der Waals surface area contributed by atoms with E-state index >= 15 is 0 Å². The molecule has 2 saturated heterocycles. The number of rotatable bonds is 3. The highest BCUT2D eigenvalue weighted by Gasteiger charge is 2.31. The summed E-state index contributed by atoms with van der Waals surface area (Å²) in [6.45, 7) is 4.43. The van der Waals surface area contributed by atoms with E-state index < -0.39 is 0 Å². The highest BCUT2D eigenvalue weighted by Crippen LogP contribution is 2.24. The van der Waals surface area contributed by atoms with Gasteiger partial charge in [-0.3, -0.25) is 4.79 Å². The van der Waals surface area contributed by atoms with Gasteiger partial charge in [0.1, 0.15) is 5.82 Å².